The van der Waals surface area contributed by atoms with Gasteiger partial charge < -0.3 is 19.1 Å². The highest BCUT2D eigenvalue weighted by molar-refractivity contribution is 6.01. The van der Waals surface area contributed by atoms with E-state index in [1.165, 1.54) is 36.4 Å². The summed E-state index contributed by atoms with van der Waals surface area (Å²) in [6.07, 6.45) is -1.86. The summed E-state index contributed by atoms with van der Waals surface area (Å²) in [5.74, 6) is -0.462. The fourth-order valence-corrected chi connectivity index (χ4v) is 3.55. The Hall–Kier alpha value is -3.04. The first kappa shape index (κ1) is 21.7. The van der Waals surface area contributed by atoms with Crippen LogP contribution in [0.2, 0.25) is 0 Å². The molecule has 1 aromatic heterocycles. The molecule has 2 heterocycles. The number of ether oxygens (including phenoxy) is 1. The molecule has 0 N–H and O–H groups in total. The van der Waals surface area contributed by atoms with Crippen LogP contribution in [0.1, 0.15) is 17.8 Å². The minimum atomic E-state index is -4.39. The lowest BCUT2D eigenvalue weighted by atomic mass is 10.1. The third-order valence-electron chi connectivity index (χ3n) is 5.01. The number of benzene rings is 1. The molecule has 2 amide bonds. The number of halogens is 3. The standard InChI is InChI=1S/C20H23F3N4O3/c1-13-4-5-16(30-3)15(8-13)27-10-14(9-18(27)28)19(29)25(2)11-17-24-6-7-26(17)12-20(21,22)23/h4-8,14H,9-12H2,1-3H3. The van der Waals surface area contributed by atoms with Crippen molar-refractivity contribution in [1.82, 2.24) is 14.5 Å². The van der Waals surface area contributed by atoms with Crippen LogP contribution in [0.5, 0.6) is 5.75 Å². The van der Waals surface area contributed by atoms with Gasteiger partial charge >= 0.3 is 6.18 Å². The van der Waals surface area contributed by atoms with Crippen LogP contribution in [-0.4, -0.2) is 53.1 Å². The lowest BCUT2D eigenvalue weighted by Gasteiger charge is -2.23. The maximum atomic E-state index is 12.9. The topological polar surface area (TPSA) is 67.7 Å². The van der Waals surface area contributed by atoms with Gasteiger partial charge in [-0.25, -0.2) is 4.98 Å². The summed E-state index contributed by atoms with van der Waals surface area (Å²) in [4.78, 5) is 32.2. The molecule has 0 aliphatic carbocycles. The van der Waals surface area contributed by atoms with Crippen molar-refractivity contribution in [1.29, 1.82) is 0 Å². The minimum Gasteiger partial charge on any atom is -0.495 e. The second kappa shape index (κ2) is 8.37. The molecule has 0 saturated carbocycles. The van der Waals surface area contributed by atoms with Gasteiger partial charge in [0, 0.05) is 32.4 Å². The highest BCUT2D eigenvalue weighted by Gasteiger charge is 2.38. The highest BCUT2D eigenvalue weighted by atomic mass is 19.4. The van der Waals surface area contributed by atoms with E-state index in [-0.39, 0.29) is 37.1 Å². The van der Waals surface area contributed by atoms with Crippen molar-refractivity contribution in [3.8, 4) is 5.75 Å². The molecule has 1 saturated heterocycles. The molecule has 1 unspecified atom stereocenters. The second-order valence-corrected chi connectivity index (χ2v) is 7.36. The summed E-state index contributed by atoms with van der Waals surface area (Å²) in [5.41, 5.74) is 1.54. The van der Waals surface area contributed by atoms with Crippen LogP contribution in [0.25, 0.3) is 0 Å². The number of hydrogen-bond acceptors (Lipinski definition) is 4. The van der Waals surface area contributed by atoms with Crippen LogP contribution in [-0.2, 0) is 22.7 Å². The number of imidazole rings is 1. The number of nitrogens with zero attached hydrogens (tertiary/aromatic N) is 4. The summed E-state index contributed by atoms with van der Waals surface area (Å²) in [5, 5.41) is 0. The van der Waals surface area contributed by atoms with E-state index in [4.69, 9.17) is 4.74 Å². The summed E-state index contributed by atoms with van der Waals surface area (Å²) in [6, 6.07) is 5.45. The molecule has 1 aromatic carbocycles. The van der Waals surface area contributed by atoms with Gasteiger partial charge in [-0.1, -0.05) is 6.07 Å². The van der Waals surface area contributed by atoms with E-state index in [0.717, 1.165) is 10.1 Å². The molecule has 7 nitrogen and oxygen atoms in total. The van der Waals surface area contributed by atoms with E-state index < -0.39 is 18.6 Å². The number of hydrogen-bond donors (Lipinski definition) is 0. The molecular formula is C20H23F3N4O3. The average molecular weight is 424 g/mol. The molecule has 0 bridgehead atoms. The van der Waals surface area contributed by atoms with E-state index in [1.54, 1.807) is 6.07 Å². The Morgan fingerprint density at radius 3 is 2.77 bits per heavy atom. The first-order chi connectivity index (χ1) is 14.1. The Bertz CT molecular complexity index is 942. The Morgan fingerprint density at radius 1 is 1.37 bits per heavy atom. The highest BCUT2D eigenvalue weighted by Crippen LogP contribution is 2.34. The van der Waals surface area contributed by atoms with Gasteiger partial charge in [0.05, 0.1) is 25.3 Å². The number of alkyl halides is 3. The molecule has 2 aromatic rings. The molecule has 0 radical (unpaired) electrons. The third kappa shape index (κ3) is 4.74. The monoisotopic (exact) mass is 424 g/mol. The summed E-state index contributed by atoms with van der Waals surface area (Å²) < 4.78 is 44.4. The number of carbonyl (C=O) groups excluding carboxylic acids is 2. The fraction of sp³-hybridized carbons (Fsp3) is 0.450. The van der Waals surface area contributed by atoms with Gasteiger partial charge in [-0.05, 0) is 24.6 Å². The van der Waals surface area contributed by atoms with E-state index in [0.29, 0.717) is 11.4 Å². The van der Waals surface area contributed by atoms with Crippen LogP contribution in [0.4, 0.5) is 18.9 Å². The Kier molecular flexibility index (Phi) is 6.04. The van der Waals surface area contributed by atoms with Gasteiger partial charge in [0.2, 0.25) is 11.8 Å². The smallest absolute Gasteiger partial charge is 0.406 e. The van der Waals surface area contributed by atoms with Crippen molar-refractivity contribution >= 4 is 17.5 Å². The van der Waals surface area contributed by atoms with Crippen molar-refractivity contribution in [3.05, 3.63) is 42.0 Å². The molecule has 1 atom stereocenters. The molecule has 162 valence electrons. The minimum absolute atomic E-state index is 0.0251. The van der Waals surface area contributed by atoms with Gasteiger partial charge in [-0.2, -0.15) is 13.2 Å². The molecule has 10 heteroatoms. The van der Waals surface area contributed by atoms with Crippen LogP contribution in [0.3, 0.4) is 0 Å². The normalized spacial score (nSPS) is 16.8. The lowest BCUT2D eigenvalue weighted by Crippen LogP contribution is -2.35. The molecule has 3 rings (SSSR count). The number of amides is 2. The van der Waals surface area contributed by atoms with Gasteiger partial charge in [0.15, 0.2) is 0 Å². The number of anilines is 1. The Morgan fingerprint density at radius 2 is 2.10 bits per heavy atom. The molecule has 0 spiro atoms. The molecule has 1 aliphatic rings. The van der Waals surface area contributed by atoms with Crippen LogP contribution in [0.15, 0.2) is 30.6 Å². The molecule has 30 heavy (non-hydrogen) atoms. The maximum absolute atomic E-state index is 12.9. The number of aromatic nitrogens is 2. The third-order valence-corrected chi connectivity index (χ3v) is 5.01. The Balaban J connectivity index is 1.71. The van der Waals surface area contributed by atoms with Crippen molar-refractivity contribution in [2.75, 3.05) is 25.6 Å². The molecule has 1 aliphatic heterocycles. The Labute approximate surface area is 172 Å². The number of rotatable bonds is 6. The van der Waals surface area contributed by atoms with Crippen molar-refractivity contribution in [2.24, 2.45) is 5.92 Å². The van der Waals surface area contributed by atoms with Crippen LogP contribution >= 0.6 is 0 Å². The van der Waals surface area contributed by atoms with Gasteiger partial charge in [0.25, 0.3) is 0 Å². The van der Waals surface area contributed by atoms with Gasteiger partial charge in [0.1, 0.15) is 18.1 Å². The zero-order valence-corrected chi connectivity index (χ0v) is 16.9. The fourth-order valence-electron chi connectivity index (χ4n) is 3.55. The van der Waals surface area contributed by atoms with Crippen LogP contribution in [0, 0.1) is 12.8 Å². The predicted octanol–water partition coefficient (Wildman–Crippen LogP) is 2.77. The predicted molar refractivity (Wildman–Crippen MR) is 103 cm³/mol. The van der Waals surface area contributed by atoms with Gasteiger partial charge in [-0.15, -0.1) is 0 Å². The summed E-state index contributed by atoms with van der Waals surface area (Å²) in [7, 11) is 3.00. The van der Waals surface area contributed by atoms with E-state index in [2.05, 4.69) is 4.98 Å². The molecular weight excluding hydrogens is 401 g/mol. The zero-order valence-electron chi connectivity index (χ0n) is 16.9. The largest absolute Gasteiger partial charge is 0.495 e. The maximum Gasteiger partial charge on any atom is 0.406 e. The van der Waals surface area contributed by atoms with E-state index in [9.17, 15) is 22.8 Å². The molecule has 1 fully saturated rings. The first-order valence-corrected chi connectivity index (χ1v) is 9.36. The van der Waals surface area contributed by atoms with Crippen LogP contribution < -0.4 is 9.64 Å². The SMILES string of the molecule is COc1ccc(C)cc1N1CC(C(=O)N(C)Cc2nccn2CC(F)(F)F)CC1=O. The number of carbonyl (C=O) groups is 2. The zero-order chi connectivity index (χ0) is 22.1. The van der Waals surface area contributed by atoms with Crippen molar-refractivity contribution in [3.63, 3.8) is 0 Å². The van der Waals surface area contributed by atoms with E-state index in [1.807, 2.05) is 19.1 Å². The lowest BCUT2D eigenvalue weighted by molar-refractivity contribution is -0.141. The number of aryl methyl sites for hydroxylation is 1. The van der Waals surface area contributed by atoms with Crippen molar-refractivity contribution < 1.29 is 27.5 Å². The van der Waals surface area contributed by atoms with Crippen molar-refractivity contribution in [2.45, 2.75) is 32.6 Å². The summed E-state index contributed by atoms with van der Waals surface area (Å²) >= 11 is 0. The second-order valence-electron chi connectivity index (χ2n) is 7.36. The summed E-state index contributed by atoms with van der Waals surface area (Å²) in [6.45, 7) is 0.815. The number of methoxy groups -OCH3 is 1. The average Bonchev–Trinajstić information content (AvgIpc) is 3.26. The first-order valence-electron chi connectivity index (χ1n) is 9.36. The quantitative estimate of drug-likeness (QED) is 0.715. The van der Waals surface area contributed by atoms with Gasteiger partial charge in [-0.3, -0.25) is 9.59 Å². The van der Waals surface area contributed by atoms with E-state index >= 15 is 0 Å².